The zero-order valence-corrected chi connectivity index (χ0v) is 16.9. The van der Waals surface area contributed by atoms with Crippen molar-refractivity contribution in [3.8, 4) is 11.5 Å². The minimum absolute atomic E-state index is 0.153. The molecule has 1 saturated carbocycles. The van der Waals surface area contributed by atoms with Gasteiger partial charge in [-0.2, -0.15) is 0 Å². The fourth-order valence-corrected chi connectivity index (χ4v) is 3.92. The van der Waals surface area contributed by atoms with Gasteiger partial charge in [-0.1, -0.05) is 26.8 Å². The lowest BCUT2D eigenvalue weighted by Crippen LogP contribution is -2.38. The van der Waals surface area contributed by atoms with E-state index in [0.717, 1.165) is 29.9 Å². The van der Waals surface area contributed by atoms with Gasteiger partial charge in [-0.3, -0.25) is 9.59 Å². The number of hydrogen-bond acceptors (Lipinski definition) is 4. The molecule has 2 amide bonds. The SMILES string of the molecule is CC.COc1ccc(C2CN(C(=O)C(N)=O)CC2C)cc1OC1CCCC1. The summed E-state index contributed by atoms with van der Waals surface area (Å²) in [5.41, 5.74) is 6.23. The van der Waals surface area contributed by atoms with Crippen LogP contribution >= 0.6 is 0 Å². The minimum atomic E-state index is -0.896. The molecule has 0 bridgehead atoms. The van der Waals surface area contributed by atoms with Gasteiger partial charge in [-0.15, -0.1) is 0 Å². The highest BCUT2D eigenvalue weighted by atomic mass is 16.5. The molecule has 1 aromatic rings. The molecule has 1 heterocycles. The molecule has 3 rings (SSSR count). The monoisotopic (exact) mass is 376 g/mol. The molecule has 6 nitrogen and oxygen atoms in total. The Bertz CT molecular complexity index is 656. The smallest absolute Gasteiger partial charge is 0.311 e. The van der Waals surface area contributed by atoms with Crippen molar-refractivity contribution in [1.29, 1.82) is 0 Å². The molecule has 2 N–H and O–H groups in total. The van der Waals surface area contributed by atoms with Crippen LogP contribution in [0.1, 0.15) is 57.9 Å². The second-order valence-corrected chi connectivity index (χ2v) is 7.09. The lowest BCUT2D eigenvalue weighted by molar-refractivity contribution is -0.143. The molecule has 27 heavy (non-hydrogen) atoms. The summed E-state index contributed by atoms with van der Waals surface area (Å²) in [6.45, 7) is 7.12. The molecule has 0 spiro atoms. The van der Waals surface area contributed by atoms with Crippen molar-refractivity contribution in [2.24, 2.45) is 11.7 Å². The number of likely N-dealkylation sites (tertiary alicyclic amines) is 1. The molecule has 2 unspecified atom stereocenters. The van der Waals surface area contributed by atoms with E-state index in [0.29, 0.717) is 13.1 Å². The van der Waals surface area contributed by atoms with E-state index in [4.69, 9.17) is 15.2 Å². The van der Waals surface area contributed by atoms with Gasteiger partial charge in [0, 0.05) is 19.0 Å². The predicted molar refractivity (Wildman–Crippen MR) is 105 cm³/mol. The highest BCUT2D eigenvalue weighted by Crippen LogP contribution is 2.38. The van der Waals surface area contributed by atoms with Crippen molar-refractivity contribution in [3.05, 3.63) is 23.8 Å². The number of hydrogen-bond donors (Lipinski definition) is 1. The van der Waals surface area contributed by atoms with Crippen LogP contribution in [0, 0.1) is 5.92 Å². The maximum absolute atomic E-state index is 11.9. The molecule has 1 aliphatic carbocycles. The van der Waals surface area contributed by atoms with E-state index in [9.17, 15) is 9.59 Å². The van der Waals surface area contributed by atoms with Gasteiger partial charge in [-0.25, -0.2) is 0 Å². The van der Waals surface area contributed by atoms with Crippen LogP contribution in [0.25, 0.3) is 0 Å². The first-order chi connectivity index (χ1) is 13.0. The van der Waals surface area contributed by atoms with Crippen LogP contribution in [0.5, 0.6) is 11.5 Å². The van der Waals surface area contributed by atoms with Crippen LogP contribution in [0.15, 0.2) is 18.2 Å². The van der Waals surface area contributed by atoms with Gasteiger partial charge in [-0.05, 0) is 49.3 Å². The van der Waals surface area contributed by atoms with Gasteiger partial charge in [0.25, 0.3) is 0 Å². The average molecular weight is 376 g/mol. The summed E-state index contributed by atoms with van der Waals surface area (Å²) in [7, 11) is 1.64. The number of carbonyl (C=O) groups is 2. The maximum atomic E-state index is 11.9. The molecule has 2 aliphatic rings. The Balaban J connectivity index is 0.00000126. The van der Waals surface area contributed by atoms with E-state index in [1.165, 1.54) is 12.8 Å². The summed E-state index contributed by atoms with van der Waals surface area (Å²) < 4.78 is 11.6. The summed E-state index contributed by atoms with van der Waals surface area (Å²) in [4.78, 5) is 24.6. The van der Waals surface area contributed by atoms with Crippen LogP contribution in [0.2, 0.25) is 0 Å². The Morgan fingerprint density at radius 2 is 1.78 bits per heavy atom. The summed E-state index contributed by atoms with van der Waals surface area (Å²) in [6.07, 6.45) is 4.81. The molecule has 0 aromatic heterocycles. The van der Waals surface area contributed by atoms with Crippen LogP contribution in [0.4, 0.5) is 0 Å². The number of methoxy groups -OCH3 is 1. The van der Waals surface area contributed by atoms with Crippen LogP contribution in [-0.4, -0.2) is 43.0 Å². The van der Waals surface area contributed by atoms with Crippen LogP contribution in [-0.2, 0) is 9.59 Å². The van der Waals surface area contributed by atoms with Gasteiger partial charge in [0.2, 0.25) is 0 Å². The number of amides is 2. The molecule has 1 aliphatic heterocycles. The molecule has 1 aromatic carbocycles. The van der Waals surface area contributed by atoms with Crippen molar-refractivity contribution in [1.82, 2.24) is 4.90 Å². The van der Waals surface area contributed by atoms with Crippen molar-refractivity contribution in [2.75, 3.05) is 20.2 Å². The van der Waals surface area contributed by atoms with Crippen LogP contribution in [0.3, 0.4) is 0 Å². The first kappa shape index (κ1) is 21.1. The maximum Gasteiger partial charge on any atom is 0.311 e. The molecule has 2 fully saturated rings. The summed E-state index contributed by atoms with van der Waals surface area (Å²) in [6, 6.07) is 5.96. The highest BCUT2D eigenvalue weighted by molar-refractivity contribution is 6.34. The normalized spacial score (nSPS) is 22.1. The Morgan fingerprint density at radius 1 is 1.11 bits per heavy atom. The van der Waals surface area contributed by atoms with E-state index in [2.05, 4.69) is 6.92 Å². The fourth-order valence-electron chi connectivity index (χ4n) is 3.92. The summed E-state index contributed by atoms with van der Waals surface area (Å²) in [5, 5.41) is 0. The highest BCUT2D eigenvalue weighted by Gasteiger charge is 2.35. The number of benzene rings is 1. The van der Waals surface area contributed by atoms with Crippen molar-refractivity contribution >= 4 is 11.8 Å². The molecular formula is C21H32N2O4. The lowest BCUT2D eigenvalue weighted by Gasteiger charge is -2.20. The van der Waals surface area contributed by atoms with Crippen molar-refractivity contribution in [2.45, 2.75) is 58.5 Å². The molecule has 150 valence electrons. The van der Waals surface area contributed by atoms with Gasteiger partial charge >= 0.3 is 11.8 Å². The topological polar surface area (TPSA) is 81.9 Å². The van der Waals surface area contributed by atoms with Gasteiger partial charge < -0.3 is 20.1 Å². The number of primary amides is 1. The molecular weight excluding hydrogens is 344 g/mol. The molecule has 2 atom stereocenters. The minimum Gasteiger partial charge on any atom is -0.493 e. The largest absolute Gasteiger partial charge is 0.493 e. The predicted octanol–water partition coefficient (Wildman–Crippen LogP) is 3.09. The third-order valence-corrected chi connectivity index (χ3v) is 5.32. The van der Waals surface area contributed by atoms with E-state index in [-0.39, 0.29) is 17.9 Å². The van der Waals surface area contributed by atoms with E-state index in [1.807, 2.05) is 32.0 Å². The molecule has 0 radical (unpaired) electrons. The van der Waals surface area contributed by atoms with Crippen LogP contribution < -0.4 is 15.2 Å². The average Bonchev–Trinajstić information content (AvgIpc) is 3.32. The zero-order valence-electron chi connectivity index (χ0n) is 16.9. The second kappa shape index (κ2) is 9.62. The van der Waals surface area contributed by atoms with E-state index < -0.39 is 11.8 Å². The van der Waals surface area contributed by atoms with Crippen molar-refractivity contribution < 1.29 is 19.1 Å². The van der Waals surface area contributed by atoms with Gasteiger partial charge in [0.15, 0.2) is 11.5 Å². The fraction of sp³-hybridized carbons (Fsp3) is 0.619. The second-order valence-electron chi connectivity index (χ2n) is 7.09. The Hall–Kier alpha value is -2.24. The molecule has 1 saturated heterocycles. The van der Waals surface area contributed by atoms with Crippen molar-refractivity contribution in [3.63, 3.8) is 0 Å². The Morgan fingerprint density at radius 3 is 2.37 bits per heavy atom. The van der Waals surface area contributed by atoms with Gasteiger partial charge in [0.05, 0.1) is 13.2 Å². The quantitative estimate of drug-likeness (QED) is 0.819. The Labute approximate surface area is 162 Å². The standard InChI is InChI=1S/C19H26N2O4.C2H6/c1-12-10-21(19(23)18(20)22)11-15(12)13-7-8-16(24-2)17(9-13)25-14-5-3-4-6-14;1-2/h7-9,12,14-15H,3-6,10-11H2,1-2H3,(H2,20,22);1-2H3. The van der Waals surface area contributed by atoms with E-state index >= 15 is 0 Å². The first-order valence-electron chi connectivity index (χ1n) is 9.93. The number of carbonyl (C=O) groups excluding carboxylic acids is 2. The number of nitrogens with zero attached hydrogens (tertiary/aromatic N) is 1. The Kier molecular flexibility index (Phi) is 7.51. The first-order valence-corrected chi connectivity index (χ1v) is 9.93. The summed E-state index contributed by atoms with van der Waals surface area (Å²) in [5.74, 6) is 0.388. The number of rotatable bonds is 4. The number of nitrogens with two attached hydrogens (primary N) is 1. The number of ether oxygens (including phenoxy) is 2. The zero-order chi connectivity index (χ0) is 20.0. The third kappa shape index (κ3) is 4.93. The van der Waals surface area contributed by atoms with E-state index in [1.54, 1.807) is 12.0 Å². The molecule has 6 heteroatoms. The summed E-state index contributed by atoms with van der Waals surface area (Å²) >= 11 is 0. The van der Waals surface area contributed by atoms with Gasteiger partial charge in [0.1, 0.15) is 0 Å². The lowest BCUT2D eigenvalue weighted by atomic mass is 9.90. The third-order valence-electron chi connectivity index (χ3n) is 5.32.